The molecule has 5 rings (SSSR count). The highest BCUT2D eigenvalue weighted by Crippen LogP contribution is 2.36. The lowest BCUT2D eigenvalue weighted by molar-refractivity contribution is 0.610. The predicted molar refractivity (Wildman–Crippen MR) is 98.5 cm³/mol. The highest BCUT2D eigenvalue weighted by Gasteiger charge is 2.28. The largest absolute Gasteiger partial charge is 0.332 e. The van der Waals surface area contributed by atoms with Gasteiger partial charge in [-0.15, -0.1) is 10.2 Å². The van der Waals surface area contributed by atoms with Gasteiger partial charge >= 0.3 is 0 Å². The predicted octanol–water partition coefficient (Wildman–Crippen LogP) is 3.75. The number of hydrogen-bond acceptors (Lipinski definition) is 3. The summed E-state index contributed by atoms with van der Waals surface area (Å²) in [5.41, 5.74) is 4.74. The van der Waals surface area contributed by atoms with Crippen LogP contribution in [0.15, 0.2) is 42.5 Å². The number of fused-ring (bicyclic) bond motifs is 2. The number of aromatic nitrogens is 3. The fourth-order valence-electron chi connectivity index (χ4n) is 4.41. The number of halogens is 1. The van der Waals surface area contributed by atoms with Crippen LogP contribution >= 0.6 is 0 Å². The van der Waals surface area contributed by atoms with Crippen LogP contribution in [0.25, 0.3) is 0 Å². The first-order valence-electron chi connectivity index (χ1n) is 9.18. The molecule has 26 heavy (non-hydrogen) atoms. The van der Waals surface area contributed by atoms with Gasteiger partial charge in [-0.25, -0.2) is 4.39 Å². The summed E-state index contributed by atoms with van der Waals surface area (Å²) in [7, 11) is 2.02. The van der Waals surface area contributed by atoms with Crippen LogP contribution in [0, 0.1) is 5.82 Å². The van der Waals surface area contributed by atoms with Crippen molar-refractivity contribution < 1.29 is 4.39 Å². The van der Waals surface area contributed by atoms with Crippen LogP contribution in [-0.2, 0) is 33.0 Å². The summed E-state index contributed by atoms with van der Waals surface area (Å²) < 4.78 is 16.1. The Morgan fingerprint density at radius 1 is 1.04 bits per heavy atom. The first-order chi connectivity index (χ1) is 12.7. The molecule has 2 heterocycles. The molecule has 3 aromatic rings. The number of anilines is 1. The van der Waals surface area contributed by atoms with E-state index in [1.165, 1.54) is 23.6 Å². The Kier molecular flexibility index (Phi) is 3.55. The van der Waals surface area contributed by atoms with Crippen LogP contribution < -0.4 is 4.90 Å². The van der Waals surface area contributed by atoms with Gasteiger partial charge in [-0.2, -0.15) is 0 Å². The van der Waals surface area contributed by atoms with Gasteiger partial charge in [0, 0.05) is 32.1 Å². The molecule has 0 amide bonds. The Bertz CT molecular complexity index is 978. The van der Waals surface area contributed by atoms with E-state index in [-0.39, 0.29) is 5.82 Å². The second kappa shape index (κ2) is 5.94. The SMILES string of the molecule is Cn1c(CC2CCc3ccccc32)nnc1N1Cc2cccc(F)c2C1. The average molecular weight is 348 g/mol. The third-order valence-corrected chi connectivity index (χ3v) is 5.84. The highest BCUT2D eigenvalue weighted by atomic mass is 19.1. The van der Waals surface area contributed by atoms with Crippen molar-refractivity contribution in [2.75, 3.05) is 4.90 Å². The third kappa shape index (κ3) is 2.42. The van der Waals surface area contributed by atoms with Gasteiger partial charge in [0.1, 0.15) is 11.6 Å². The number of hydrogen-bond donors (Lipinski definition) is 0. The summed E-state index contributed by atoms with van der Waals surface area (Å²) in [6, 6.07) is 14.0. The number of aryl methyl sites for hydroxylation is 1. The molecule has 0 radical (unpaired) electrons. The van der Waals surface area contributed by atoms with E-state index in [9.17, 15) is 4.39 Å². The van der Waals surface area contributed by atoms with Crippen molar-refractivity contribution in [3.05, 3.63) is 76.4 Å². The fourth-order valence-corrected chi connectivity index (χ4v) is 4.41. The molecule has 2 aliphatic rings. The maximum absolute atomic E-state index is 14.0. The van der Waals surface area contributed by atoms with Gasteiger partial charge < -0.3 is 9.47 Å². The van der Waals surface area contributed by atoms with Crippen molar-refractivity contribution in [3.63, 3.8) is 0 Å². The van der Waals surface area contributed by atoms with Gasteiger partial charge in [-0.05, 0) is 41.5 Å². The molecule has 1 atom stereocenters. The maximum atomic E-state index is 14.0. The normalized spacial score (nSPS) is 18.2. The minimum atomic E-state index is -0.130. The number of nitrogens with zero attached hydrogens (tertiary/aromatic N) is 4. The molecule has 4 nitrogen and oxygen atoms in total. The zero-order valence-electron chi connectivity index (χ0n) is 14.8. The summed E-state index contributed by atoms with van der Waals surface area (Å²) in [4.78, 5) is 2.10. The second-order valence-electron chi connectivity index (χ2n) is 7.35. The van der Waals surface area contributed by atoms with Crippen LogP contribution in [0.3, 0.4) is 0 Å². The minimum absolute atomic E-state index is 0.130. The van der Waals surface area contributed by atoms with Crippen LogP contribution in [0.4, 0.5) is 10.3 Å². The monoisotopic (exact) mass is 348 g/mol. The molecule has 1 aromatic heterocycles. The van der Waals surface area contributed by atoms with E-state index in [1.807, 2.05) is 13.1 Å². The van der Waals surface area contributed by atoms with Gasteiger partial charge in [-0.1, -0.05) is 36.4 Å². The molecule has 0 saturated carbocycles. The minimum Gasteiger partial charge on any atom is -0.332 e. The van der Waals surface area contributed by atoms with E-state index in [4.69, 9.17) is 0 Å². The Balaban J connectivity index is 1.38. The van der Waals surface area contributed by atoms with E-state index in [2.05, 4.69) is 43.9 Å². The van der Waals surface area contributed by atoms with E-state index >= 15 is 0 Å². The van der Waals surface area contributed by atoms with E-state index < -0.39 is 0 Å². The summed E-state index contributed by atoms with van der Waals surface area (Å²) in [5.74, 6) is 2.20. The summed E-state index contributed by atoms with van der Waals surface area (Å²) in [6.45, 7) is 1.24. The lowest BCUT2D eigenvalue weighted by Crippen LogP contribution is -2.19. The van der Waals surface area contributed by atoms with Crippen LogP contribution in [0.2, 0.25) is 0 Å². The molecule has 1 aliphatic carbocycles. The molecule has 1 aliphatic heterocycles. The molecular weight excluding hydrogens is 327 g/mol. The molecule has 2 aromatic carbocycles. The topological polar surface area (TPSA) is 34.0 Å². The second-order valence-corrected chi connectivity index (χ2v) is 7.35. The van der Waals surface area contributed by atoms with Crippen LogP contribution in [-0.4, -0.2) is 14.8 Å². The fraction of sp³-hybridized carbons (Fsp3) is 0.333. The maximum Gasteiger partial charge on any atom is 0.227 e. The van der Waals surface area contributed by atoms with Crippen molar-refractivity contribution in [2.45, 2.75) is 38.3 Å². The molecule has 5 heteroatoms. The Morgan fingerprint density at radius 3 is 2.77 bits per heavy atom. The van der Waals surface area contributed by atoms with Gasteiger partial charge in [0.15, 0.2) is 0 Å². The van der Waals surface area contributed by atoms with Gasteiger partial charge in [0.05, 0.1) is 0 Å². The Morgan fingerprint density at radius 2 is 1.88 bits per heavy atom. The molecule has 132 valence electrons. The zero-order valence-corrected chi connectivity index (χ0v) is 14.8. The summed E-state index contributed by atoms with van der Waals surface area (Å²) >= 11 is 0. The van der Waals surface area contributed by atoms with E-state index in [0.29, 0.717) is 19.0 Å². The van der Waals surface area contributed by atoms with Gasteiger partial charge in [0.2, 0.25) is 5.95 Å². The van der Waals surface area contributed by atoms with Crippen molar-refractivity contribution in [2.24, 2.45) is 7.05 Å². The highest BCUT2D eigenvalue weighted by molar-refractivity contribution is 5.44. The molecular formula is C21H21FN4. The summed E-state index contributed by atoms with van der Waals surface area (Å²) in [5, 5.41) is 8.88. The van der Waals surface area contributed by atoms with E-state index in [0.717, 1.165) is 35.7 Å². The van der Waals surface area contributed by atoms with Crippen molar-refractivity contribution in [3.8, 4) is 0 Å². The van der Waals surface area contributed by atoms with Crippen molar-refractivity contribution in [1.82, 2.24) is 14.8 Å². The molecule has 0 spiro atoms. The first-order valence-corrected chi connectivity index (χ1v) is 9.18. The van der Waals surface area contributed by atoms with Crippen LogP contribution in [0.1, 0.15) is 40.4 Å². The zero-order chi connectivity index (χ0) is 17.7. The van der Waals surface area contributed by atoms with Gasteiger partial charge in [0.25, 0.3) is 0 Å². The van der Waals surface area contributed by atoms with Gasteiger partial charge in [-0.3, -0.25) is 0 Å². The standard InChI is InChI=1S/C21H21FN4/c1-25-20(11-15-10-9-14-5-2-3-7-17(14)15)23-24-21(25)26-12-16-6-4-8-19(22)18(16)13-26/h2-8,15H,9-13H2,1H3. The van der Waals surface area contributed by atoms with Crippen molar-refractivity contribution in [1.29, 1.82) is 0 Å². The Hall–Kier alpha value is -2.69. The third-order valence-electron chi connectivity index (χ3n) is 5.84. The molecule has 1 unspecified atom stereocenters. The number of benzene rings is 2. The molecule has 0 bridgehead atoms. The van der Waals surface area contributed by atoms with E-state index in [1.54, 1.807) is 6.07 Å². The lowest BCUT2D eigenvalue weighted by atomic mass is 9.97. The van der Waals surface area contributed by atoms with Crippen LogP contribution in [0.5, 0.6) is 0 Å². The lowest BCUT2D eigenvalue weighted by Gasteiger charge is -2.17. The summed E-state index contributed by atoms with van der Waals surface area (Å²) in [6.07, 6.45) is 3.21. The quantitative estimate of drug-likeness (QED) is 0.723. The first kappa shape index (κ1) is 15.6. The Labute approximate surface area is 152 Å². The smallest absolute Gasteiger partial charge is 0.227 e. The molecule has 0 fully saturated rings. The van der Waals surface area contributed by atoms with Crippen molar-refractivity contribution >= 4 is 5.95 Å². The number of rotatable bonds is 3. The molecule has 0 saturated heterocycles. The average Bonchev–Trinajstić information content (AvgIpc) is 3.34. The molecule has 0 N–H and O–H groups in total.